The van der Waals surface area contributed by atoms with Crippen LogP contribution in [-0.4, -0.2) is 49.0 Å². The monoisotopic (exact) mass is 397 g/mol. The number of ether oxygens (including phenoxy) is 2. The number of carbonyl (C=O) groups excluding carboxylic acids is 2. The molecule has 7 nitrogen and oxygen atoms in total. The Hall–Kier alpha value is -3.09. The third-order valence-electron chi connectivity index (χ3n) is 4.92. The molecule has 0 fully saturated rings. The fourth-order valence-electron chi connectivity index (χ4n) is 3.31. The average Bonchev–Trinajstić information content (AvgIpc) is 2.75. The number of benzene rings is 1. The van der Waals surface area contributed by atoms with Gasteiger partial charge in [0.1, 0.15) is 5.69 Å². The number of amides is 2. The Morgan fingerprint density at radius 1 is 1.14 bits per heavy atom. The molecule has 0 saturated heterocycles. The van der Waals surface area contributed by atoms with Crippen LogP contribution in [0.15, 0.2) is 30.5 Å². The van der Waals surface area contributed by atoms with E-state index < -0.39 is 0 Å². The number of pyridine rings is 1. The molecule has 0 spiro atoms. The van der Waals surface area contributed by atoms with Crippen molar-refractivity contribution in [2.24, 2.45) is 5.92 Å². The first-order valence-electron chi connectivity index (χ1n) is 9.70. The van der Waals surface area contributed by atoms with Gasteiger partial charge in [-0.2, -0.15) is 0 Å². The first-order chi connectivity index (χ1) is 13.9. The van der Waals surface area contributed by atoms with Crippen LogP contribution in [0, 0.1) is 5.92 Å². The van der Waals surface area contributed by atoms with E-state index in [2.05, 4.69) is 10.3 Å². The second-order valence-corrected chi connectivity index (χ2v) is 7.49. The predicted octanol–water partition coefficient (Wildman–Crippen LogP) is 2.68. The maximum Gasteiger partial charge on any atom is 0.272 e. The molecule has 0 unspecified atom stereocenters. The third kappa shape index (κ3) is 4.67. The number of methoxy groups -OCH3 is 2. The fraction of sp³-hybridized carbons (Fsp3) is 0.409. The zero-order valence-electron chi connectivity index (χ0n) is 17.3. The summed E-state index contributed by atoms with van der Waals surface area (Å²) < 4.78 is 10.7. The summed E-state index contributed by atoms with van der Waals surface area (Å²) in [5.41, 5.74) is 2.87. The molecule has 0 saturated carbocycles. The van der Waals surface area contributed by atoms with E-state index in [1.165, 1.54) is 6.20 Å². The lowest BCUT2D eigenvalue weighted by molar-refractivity contribution is 0.0728. The number of rotatable bonds is 6. The van der Waals surface area contributed by atoms with Crippen LogP contribution < -0.4 is 14.8 Å². The summed E-state index contributed by atoms with van der Waals surface area (Å²) in [7, 11) is 3.20. The van der Waals surface area contributed by atoms with E-state index in [1.807, 2.05) is 26.0 Å². The first-order valence-corrected chi connectivity index (χ1v) is 9.70. The van der Waals surface area contributed by atoms with Crippen LogP contribution in [-0.2, 0) is 13.0 Å². The zero-order valence-corrected chi connectivity index (χ0v) is 17.3. The summed E-state index contributed by atoms with van der Waals surface area (Å²) in [6.07, 6.45) is 2.22. The van der Waals surface area contributed by atoms with Gasteiger partial charge in [0, 0.05) is 31.4 Å². The van der Waals surface area contributed by atoms with E-state index in [4.69, 9.17) is 9.47 Å². The van der Waals surface area contributed by atoms with Crippen LogP contribution in [0.5, 0.6) is 11.5 Å². The maximum atomic E-state index is 13.0. The highest BCUT2D eigenvalue weighted by Gasteiger charge is 2.25. The predicted molar refractivity (Wildman–Crippen MR) is 109 cm³/mol. The summed E-state index contributed by atoms with van der Waals surface area (Å²) in [4.78, 5) is 31.2. The minimum absolute atomic E-state index is 0.191. The first kappa shape index (κ1) is 20.6. The second-order valence-electron chi connectivity index (χ2n) is 7.49. The summed E-state index contributed by atoms with van der Waals surface area (Å²) in [6, 6.07) is 7.06. The van der Waals surface area contributed by atoms with Gasteiger partial charge in [0.25, 0.3) is 11.8 Å². The second kappa shape index (κ2) is 8.94. The standard InChI is InChI=1S/C22H27N3O4/c1-14(2)12-24-21(26)16-5-7-23-18(9-16)22(27)25-8-6-15-10-19(28-3)20(29-4)11-17(15)13-25/h5,7,9-11,14H,6,8,12-13H2,1-4H3,(H,24,26). The van der Waals surface area contributed by atoms with Crippen molar-refractivity contribution in [2.45, 2.75) is 26.8 Å². The zero-order chi connectivity index (χ0) is 21.0. The topological polar surface area (TPSA) is 80.8 Å². The van der Waals surface area contributed by atoms with E-state index in [0.717, 1.165) is 17.5 Å². The lowest BCUT2D eigenvalue weighted by Gasteiger charge is -2.29. The molecule has 0 radical (unpaired) electrons. The van der Waals surface area contributed by atoms with E-state index in [-0.39, 0.29) is 17.5 Å². The van der Waals surface area contributed by atoms with Gasteiger partial charge in [-0.15, -0.1) is 0 Å². The van der Waals surface area contributed by atoms with Crippen molar-refractivity contribution >= 4 is 11.8 Å². The molecule has 2 heterocycles. The van der Waals surface area contributed by atoms with Gasteiger partial charge in [-0.1, -0.05) is 13.8 Å². The van der Waals surface area contributed by atoms with Gasteiger partial charge in [0.05, 0.1) is 14.2 Å². The minimum Gasteiger partial charge on any atom is -0.493 e. The third-order valence-corrected chi connectivity index (χ3v) is 4.92. The van der Waals surface area contributed by atoms with Crippen LogP contribution >= 0.6 is 0 Å². The summed E-state index contributed by atoms with van der Waals surface area (Å²) in [5.74, 6) is 1.29. The number of aromatic nitrogens is 1. The molecule has 0 atom stereocenters. The Balaban J connectivity index is 1.77. The van der Waals surface area contributed by atoms with Crippen molar-refractivity contribution in [3.63, 3.8) is 0 Å². The Labute approximate surface area is 171 Å². The average molecular weight is 397 g/mol. The number of nitrogens with one attached hydrogen (secondary N) is 1. The van der Waals surface area contributed by atoms with E-state index in [9.17, 15) is 9.59 Å². The van der Waals surface area contributed by atoms with Crippen molar-refractivity contribution in [2.75, 3.05) is 27.3 Å². The number of fused-ring (bicyclic) bond motifs is 1. The summed E-state index contributed by atoms with van der Waals surface area (Å²) >= 11 is 0. The van der Waals surface area contributed by atoms with Crippen molar-refractivity contribution in [1.29, 1.82) is 0 Å². The highest BCUT2D eigenvalue weighted by Crippen LogP contribution is 2.33. The fourth-order valence-corrected chi connectivity index (χ4v) is 3.31. The molecule has 154 valence electrons. The molecule has 3 rings (SSSR count). The van der Waals surface area contributed by atoms with Gasteiger partial charge in [0.15, 0.2) is 11.5 Å². The Morgan fingerprint density at radius 3 is 2.48 bits per heavy atom. The van der Waals surface area contributed by atoms with Crippen LogP contribution in [0.1, 0.15) is 45.8 Å². The van der Waals surface area contributed by atoms with Gasteiger partial charge in [-0.25, -0.2) is 0 Å². The van der Waals surface area contributed by atoms with E-state index in [1.54, 1.807) is 31.3 Å². The lowest BCUT2D eigenvalue weighted by atomic mass is 9.98. The molecular formula is C22H27N3O4. The molecule has 2 amide bonds. The molecule has 1 aliphatic heterocycles. The molecule has 0 bridgehead atoms. The quantitative estimate of drug-likeness (QED) is 0.811. The van der Waals surface area contributed by atoms with Crippen LogP contribution in [0.3, 0.4) is 0 Å². The molecule has 7 heteroatoms. The molecule has 29 heavy (non-hydrogen) atoms. The smallest absolute Gasteiger partial charge is 0.272 e. The lowest BCUT2D eigenvalue weighted by Crippen LogP contribution is -2.36. The SMILES string of the molecule is COc1cc2c(cc1OC)CN(C(=O)c1cc(C(=O)NCC(C)C)ccn1)CC2. The molecule has 2 aromatic rings. The van der Waals surface area contributed by atoms with Gasteiger partial charge in [-0.05, 0) is 47.7 Å². The van der Waals surface area contributed by atoms with Crippen LogP contribution in [0.4, 0.5) is 0 Å². The highest BCUT2D eigenvalue weighted by molar-refractivity contribution is 5.98. The molecule has 0 aliphatic carbocycles. The number of nitrogens with zero attached hydrogens (tertiary/aromatic N) is 2. The normalized spacial score (nSPS) is 13.1. The van der Waals surface area contributed by atoms with E-state index >= 15 is 0 Å². The Kier molecular flexibility index (Phi) is 6.36. The summed E-state index contributed by atoms with van der Waals surface area (Å²) in [5, 5.41) is 2.86. The van der Waals surface area contributed by atoms with Crippen LogP contribution in [0.2, 0.25) is 0 Å². The molecular weight excluding hydrogens is 370 g/mol. The van der Waals surface area contributed by atoms with Crippen LogP contribution in [0.25, 0.3) is 0 Å². The largest absolute Gasteiger partial charge is 0.493 e. The Bertz CT molecular complexity index is 911. The van der Waals surface area contributed by atoms with Gasteiger partial charge >= 0.3 is 0 Å². The number of hydrogen-bond acceptors (Lipinski definition) is 5. The highest BCUT2D eigenvalue weighted by atomic mass is 16.5. The molecule has 1 aromatic carbocycles. The van der Waals surface area contributed by atoms with Gasteiger partial charge in [0.2, 0.25) is 0 Å². The minimum atomic E-state index is -0.198. The number of carbonyl (C=O) groups is 2. The van der Waals surface area contributed by atoms with Crippen molar-refractivity contribution < 1.29 is 19.1 Å². The van der Waals surface area contributed by atoms with Gasteiger partial charge in [-0.3, -0.25) is 14.6 Å². The van der Waals surface area contributed by atoms with Crippen molar-refractivity contribution in [3.05, 3.63) is 52.8 Å². The molecule has 1 N–H and O–H groups in total. The van der Waals surface area contributed by atoms with Crippen molar-refractivity contribution in [1.82, 2.24) is 15.2 Å². The number of hydrogen-bond donors (Lipinski definition) is 1. The van der Waals surface area contributed by atoms with Gasteiger partial charge < -0.3 is 19.7 Å². The van der Waals surface area contributed by atoms with Crippen molar-refractivity contribution in [3.8, 4) is 11.5 Å². The molecule has 1 aliphatic rings. The van der Waals surface area contributed by atoms with E-state index in [0.29, 0.717) is 42.6 Å². The summed E-state index contributed by atoms with van der Waals surface area (Å²) in [6.45, 7) is 5.67. The Morgan fingerprint density at radius 2 is 1.83 bits per heavy atom. The maximum absolute atomic E-state index is 13.0. The molecule has 1 aromatic heterocycles.